The number of hydrogen-bond acceptors (Lipinski definition) is 13. The van der Waals surface area contributed by atoms with E-state index < -0.39 is 29.5 Å². The van der Waals surface area contributed by atoms with Crippen molar-refractivity contribution in [2.45, 2.75) is 85.0 Å². The molecule has 4 amide bonds. The molecule has 4 aromatic carbocycles. The number of nitrogens with zero attached hydrogens (tertiary/aromatic N) is 4. The number of rotatable bonds is 23. The van der Waals surface area contributed by atoms with E-state index in [-0.39, 0.29) is 88.0 Å². The van der Waals surface area contributed by atoms with E-state index in [0.717, 1.165) is 81.3 Å². The Morgan fingerprint density at radius 1 is 0.773 bits per heavy atom. The predicted molar refractivity (Wildman–Crippen MR) is 290 cm³/mol. The monoisotopic (exact) mass is 1040 g/mol. The number of likely N-dealkylation sites (tertiary alicyclic amines) is 1. The lowest BCUT2D eigenvalue weighted by molar-refractivity contribution is -0.144. The van der Waals surface area contributed by atoms with Crippen molar-refractivity contribution in [2.24, 2.45) is 5.41 Å². The van der Waals surface area contributed by atoms with Gasteiger partial charge in [-0.25, -0.2) is 4.98 Å². The number of aliphatic hydroxyl groups is 1. The number of aliphatic hydroxyl groups excluding tert-OH is 1. The predicted octanol–water partition coefficient (Wildman–Crippen LogP) is 7.04. The summed E-state index contributed by atoms with van der Waals surface area (Å²) in [6.07, 6.45) is 0.234. The van der Waals surface area contributed by atoms with Gasteiger partial charge in [0.15, 0.2) is 0 Å². The Kier molecular flexibility index (Phi) is 20.0. The highest BCUT2D eigenvalue weighted by Crippen LogP contribution is 2.36. The zero-order valence-corrected chi connectivity index (χ0v) is 44.6. The Hall–Kier alpha value is -6.63. The van der Waals surface area contributed by atoms with Gasteiger partial charge in [-0.15, -0.1) is 11.3 Å². The fourth-order valence-corrected chi connectivity index (χ4v) is 10.2. The number of benzene rings is 4. The van der Waals surface area contributed by atoms with Crippen LogP contribution in [0.5, 0.6) is 17.2 Å². The molecule has 0 spiro atoms. The first-order valence-corrected chi connectivity index (χ1v) is 26.7. The summed E-state index contributed by atoms with van der Waals surface area (Å²) in [5, 5.41) is 36.2. The van der Waals surface area contributed by atoms with Gasteiger partial charge in [-0.3, -0.25) is 24.1 Å². The molecule has 2 fully saturated rings. The molecular formula is C58H72N6O10S. The van der Waals surface area contributed by atoms with E-state index in [0.29, 0.717) is 19.7 Å². The Balaban J connectivity index is 0.760. The van der Waals surface area contributed by atoms with Crippen molar-refractivity contribution in [3.63, 3.8) is 0 Å². The molecule has 0 aliphatic carbocycles. The Morgan fingerprint density at radius 3 is 1.96 bits per heavy atom. The standard InChI is InChI=1S/C58H72N6O10S/c1-6-49(41-11-17-45(65)18-12-41)53(42-13-19-46(66)20-14-42)43-15-21-48(22-16-43)74-32-29-62-25-27-63(28-26-62)52(69)24-31-73-34-33-72-30-23-51(68)61-55(58(3,4)5)57(71)64-37-47(67)35-50(64)56(70)59-36-40-7-9-44(10-8-40)54-39(2)60-38-75-54/h7-22,38,47,50,55,65-67H,6,23-37H2,1-5H3,(H,59,70)(H,61,68)/t47-,50+,55-/m1/s1. The first-order valence-electron chi connectivity index (χ1n) is 25.8. The summed E-state index contributed by atoms with van der Waals surface area (Å²) in [5.74, 6) is 0.0112. The van der Waals surface area contributed by atoms with Crippen molar-refractivity contribution in [1.82, 2.24) is 30.3 Å². The van der Waals surface area contributed by atoms with Crippen molar-refractivity contribution in [3.05, 3.63) is 131 Å². The van der Waals surface area contributed by atoms with Gasteiger partial charge < -0.3 is 50.0 Å². The van der Waals surface area contributed by atoms with E-state index in [4.69, 9.17) is 14.2 Å². The van der Waals surface area contributed by atoms with E-state index in [1.54, 1.807) is 35.6 Å². The molecule has 0 saturated carbocycles. The van der Waals surface area contributed by atoms with Crippen LogP contribution >= 0.6 is 11.3 Å². The minimum Gasteiger partial charge on any atom is -0.508 e. The molecule has 7 rings (SSSR count). The highest BCUT2D eigenvalue weighted by Gasteiger charge is 2.44. The number of ether oxygens (including phenoxy) is 3. The maximum Gasteiger partial charge on any atom is 0.246 e. The summed E-state index contributed by atoms with van der Waals surface area (Å²) in [5.41, 5.74) is 9.16. The van der Waals surface area contributed by atoms with Crippen LogP contribution in [0.4, 0.5) is 0 Å². The largest absolute Gasteiger partial charge is 0.508 e. The highest BCUT2D eigenvalue weighted by molar-refractivity contribution is 7.13. The number of phenols is 2. The average Bonchev–Trinajstić information content (AvgIpc) is 4.03. The number of β-amino-alcohol motifs (C(OH)–C–C–N with tert-alkyl or cyclic N) is 1. The third-order valence-corrected chi connectivity index (χ3v) is 14.6. The lowest BCUT2D eigenvalue weighted by atomic mass is 9.85. The van der Waals surface area contributed by atoms with Gasteiger partial charge in [0.1, 0.15) is 35.9 Å². The first kappa shape index (κ1) is 56.1. The number of aromatic nitrogens is 1. The van der Waals surface area contributed by atoms with Crippen LogP contribution in [0.1, 0.15) is 81.3 Å². The Morgan fingerprint density at radius 2 is 1.37 bits per heavy atom. The van der Waals surface area contributed by atoms with Crippen LogP contribution < -0.4 is 15.4 Å². The van der Waals surface area contributed by atoms with Crippen molar-refractivity contribution in [2.75, 3.05) is 72.3 Å². The van der Waals surface area contributed by atoms with E-state index in [2.05, 4.69) is 27.4 Å². The molecule has 2 aliphatic rings. The molecule has 2 saturated heterocycles. The van der Waals surface area contributed by atoms with E-state index >= 15 is 0 Å². The minimum absolute atomic E-state index is 0.00268. The number of hydrogen-bond donors (Lipinski definition) is 5. The second-order valence-electron chi connectivity index (χ2n) is 20.1. The zero-order valence-electron chi connectivity index (χ0n) is 43.8. The van der Waals surface area contributed by atoms with Gasteiger partial charge in [0.05, 0.1) is 55.0 Å². The number of aryl methyl sites for hydroxylation is 1. The average molecular weight is 1050 g/mol. The number of piperazine rings is 1. The van der Waals surface area contributed by atoms with Crippen LogP contribution in [0.15, 0.2) is 103 Å². The van der Waals surface area contributed by atoms with Crippen molar-refractivity contribution < 1.29 is 48.7 Å². The smallest absolute Gasteiger partial charge is 0.246 e. The summed E-state index contributed by atoms with van der Waals surface area (Å²) in [7, 11) is 0. The van der Waals surface area contributed by atoms with E-state index in [1.165, 1.54) is 4.90 Å². The molecule has 3 atom stereocenters. The SMILES string of the molecule is CCC(=C(c1ccc(O)cc1)c1ccc(OCCN2CCN(C(=O)CCOCCOCCC(=O)N[C@H](C(=O)N3C[C@H](O)C[C@H]3C(=O)NCc3ccc(-c4scnc4C)cc3)C(C)(C)C)CC2)cc1)c1ccc(O)cc1. The molecule has 16 nitrogen and oxygen atoms in total. The molecule has 0 bridgehead atoms. The molecule has 5 N–H and O–H groups in total. The van der Waals surface area contributed by atoms with E-state index in [9.17, 15) is 34.5 Å². The summed E-state index contributed by atoms with van der Waals surface area (Å²) in [4.78, 5) is 64.5. The molecule has 75 heavy (non-hydrogen) atoms. The molecule has 1 aromatic heterocycles. The number of phenolic OH excluding ortho intramolecular Hbond substituents is 2. The summed E-state index contributed by atoms with van der Waals surface area (Å²) >= 11 is 1.57. The van der Waals surface area contributed by atoms with Gasteiger partial charge in [-0.1, -0.05) is 88.4 Å². The molecular weight excluding hydrogens is 973 g/mol. The fraction of sp³-hybridized carbons (Fsp3) is 0.431. The molecule has 5 aromatic rings. The van der Waals surface area contributed by atoms with Crippen molar-refractivity contribution >= 4 is 46.1 Å². The topological polar surface area (TPSA) is 203 Å². The van der Waals surface area contributed by atoms with Crippen LogP contribution in [0.2, 0.25) is 0 Å². The normalized spacial score (nSPS) is 16.8. The number of allylic oxidation sites excluding steroid dienone is 1. The minimum atomic E-state index is -0.947. The second kappa shape index (κ2) is 26.7. The number of carbonyl (C=O) groups excluding carboxylic acids is 4. The number of carbonyl (C=O) groups is 4. The van der Waals surface area contributed by atoms with Crippen LogP contribution in [-0.4, -0.2) is 149 Å². The third-order valence-electron chi connectivity index (χ3n) is 13.6. The molecule has 0 unspecified atom stereocenters. The van der Waals surface area contributed by atoms with Gasteiger partial charge in [0, 0.05) is 58.7 Å². The Bertz CT molecular complexity index is 2700. The number of nitrogens with one attached hydrogen (secondary N) is 2. The highest BCUT2D eigenvalue weighted by atomic mass is 32.1. The number of thiazole rings is 1. The second-order valence-corrected chi connectivity index (χ2v) is 20.9. The quantitative estimate of drug-likeness (QED) is 0.0330. The molecule has 3 heterocycles. The fourth-order valence-electron chi connectivity index (χ4n) is 9.38. The zero-order chi connectivity index (χ0) is 53.5. The van der Waals surface area contributed by atoms with Gasteiger partial charge >= 0.3 is 0 Å². The number of aromatic hydroxyl groups is 2. The molecule has 0 radical (unpaired) electrons. The maximum atomic E-state index is 14.0. The van der Waals surface area contributed by atoms with Crippen molar-refractivity contribution in [3.8, 4) is 27.7 Å². The summed E-state index contributed by atoms with van der Waals surface area (Å²) < 4.78 is 17.5. The van der Waals surface area contributed by atoms with E-state index in [1.807, 2.05) is 111 Å². The molecule has 2 aliphatic heterocycles. The van der Waals surface area contributed by atoms with Crippen LogP contribution in [-0.2, 0) is 35.2 Å². The van der Waals surface area contributed by atoms with Crippen molar-refractivity contribution in [1.29, 1.82) is 0 Å². The first-order chi connectivity index (χ1) is 36.1. The Labute approximate surface area is 444 Å². The van der Waals surface area contributed by atoms with Gasteiger partial charge in [0.25, 0.3) is 0 Å². The van der Waals surface area contributed by atoms with Crippen LogP contribution in [0, 0.1) is 12.3 Å². The van der Waals surface area contributed by atoms with Gasteiger partial charge in [0.2, 0.25) is 23.6 Å². The maximum absolute atomic E-state index is 14.0. The summed E-state index contributed by atoms with van der Waals surface area (Å²) in [6, 6.07) is 28.5. The van der Waals surface area contributed by atoms with Crippen LogP contribution in [0.25, 0.3) is 21.6 Å². The lowest BCUT2D eigenvalue weighted by Gasteiger charge is -2.35. The third kappa shape index (κ3) is 15.7. The van der Waals surface area contributed by atoms with Gasteiger partial charge in [-0.2, -0.15) is 0 Å². The molecule has 400 valence electrons. The van der Waals surface area contributed by atoms with Gasteiger partial charge in [-0.05, 0) is 94.1 Å². The lowest BCUT2D eigenvalue weighted by Crippen LogP contribution is -2.57. The number of amides is 4. The molecule has 17 heteroatoms. The summed E-state index contributed by atoms with van der Waals surface area (Å²) in [6.45, 7) is 14.6. The van der Waals surface area contributed by atoms with Crippen LogP contribution in [0.3, 0.4) is 0 Å².